The van der Waals surface area contributed by atoms with Gasteiger partial charge in [-0.1, -0.05) is 32.0 Å². The van der Waals surface area contributed by atoms with Crippen molar-refractivity contribution in [3.63, 3.8) is 0 Å². The third kappa shape index (κ3) is 4.42. The fourth-order valence-electron chi connectivity index (χ4n) is 3.78. The lowest BCUT2D eigenvalue weighted by molar-refractivity contribution is -0.139. The topological polar surface area (TPSA) is 70.1 Å². The summed E-state index contributed by atoms with van der Waals surface area (Å²) in [5, 5.41) is 12.9. The fraction of sp³-hybridized carbons (Fsp3) is 0.391. The van der Waals surface area contributed by atoms with E-state index in [9.17, 15) is 14.7 Å². The van der Waals surface area contributed by atoms with Crippen LogP contribution in [-0.4, -0.2) is 59.9 Å². The molecule has 1 aromatic carbocycles. The van der Waals surface area contributed by atoms with Gasteiger partial charge in [-0.2, -0.15) is 0 Å². The summed E-state index contributed by atoms with van der Waals surface area (Å²) in [5.74, 6) is -0.800. The fourth-order valence-corrected chi connectivity index (χ4v) is 4.63. The lowest BCUT2D eigenvalue weighted by Gasteiger charge is -2.25. The first-order chi connectivity index (χ1) is 14.5. The van der Waals surface area contributed by atoms with Gasteiger partial charge in [0.2, 0.25) is 0 Å². The Kier molecular flexibility index (Phi) is 7.29. The number of hydrogen-bond acceptors (Lipinski definition) is 6. The highest BCUT2D eigenvalue weighted by molar-refractivity contribution is 7.10. The molecule has 1 amide bonds. The maximum Gasteiger partial charge on any atom is 0.295 e. The molecule has 3 rings (SSSR count). The van der Waals surface area contributed by atoms with Gasteiger partial charge in [0, 0.05) is 17.0 Å². The number of amides is 1. The second-order valence-electron chi connectivity index (χ2n) is 7.12. The third-order valence-electron chi connectivity index (χ3n) is 5.46. The summed E-state index contributed by atoms with van der Waals surface area (Å²) in [5.41, 5.74) is 0.593. The SMILES string of the molecule is CCN(CC)CCCN1C(=O)C(=O)/C(=C(\O)c2cccc(OC)c2)C1c1cccs1. The van der Waals surface area contributed by atoms with Gasteiger partial charge in [0.1, 0.15) is 11.5 Å². The molecule has 0 spiro atoms. The normalized spacial score (nSPS) is 18.4. The second kappa shape index (κ2) is 9.91. The van der Waals surface area contributed by atoms with Crippen LogP contribution in [0.15, 0.2) is 47.4 Å². The summed E-state index contributed by atoms with van der Waals surface area (Å²) in [6.45, 7) is 7.41. The Hall–Kier alpha value is -2.64. The zero-order valence-electron chi connectivity index (χ0n) is 17.6. The van der Waals surface area contributed by atoms with Gasteiger partial charge in [-0.05, 0) is 49.6 Å². The number of hydrogen-bond donors (Lipinski definition) is 1. The Morgan fingerprint density at radius 1 is 1.20 bits per heavy atom. The summed E-state index contributed by atoms with van der Waals surface area (Å²) < 4.78 is 5.23. The average molecular weight is 429 g/mol. The molecule has 160 valence electrons. The van der Waals surface area contributed by atoms with Crippen molar-refractivity contribution in [2.45, 2.75) is 26.3 Å². The van der Waals surface area contributed by atoms with E-state index < -0.39 is 17.7 Å². The van der Waals surface area contributed by atoms with E-state index in [1.54, 1.807) is 36.3 Å². The molecule has 7 heteroatoms. The van der Waals surface area contributed by atoms with Gasteiger partial charge in [0.05, 0.1) is 18.7 Å². The van der Waals surface area contributed by atoms with Crippen LogP contribution < -0.4 is 4.74 Å². The number of aliphatic hydroxyl groups excluding tert-OH is 1. The molecule has 0 saturated carbocycles. The van der Waals surface area contributed by atoms with Crippen LogP contribution in [0.3, 0.4) is 0 Å². The molecule has 0 bridgehead atoms. The number of nitrogens with zero attached hydrogens (tertiary/aromatic N) is 2. The first-order valence-electron chi connectivity index (χ1n) is 10.2. The van der Waals surface area contributed by atoms with Crippen LogP contribution in [0.5, 0.6) is 5.75 Å². The minimum atomic E-state index is -0.642. The zero-order valence-corrected chi connectivity index (χ0v) is 18.4. The van der Waals surface area contributed by atoms with Crippen LogP contribution in [0.1, 0.15) is 36.8 Å². The van der Waals surface area contributed by atoms with Crippen molar-refractivity contribution >= 4 is 28.8 Å². The van der Waals surface area contributed by atoms with Crippen molar-refractivity contribution in [3.05, 3.63) is 57.8 Å². The van der Waals surface area contributed by atoms with Crippen LogP contribution in [0.2, 0.25) is 0 Å². The van der Waals surface area contributed by atoms with Crippen molar-refractivity contribution in [2.75, 3.05) is 33.3 Å². The van der Waals surface area contributed by atoms with Crippen molar-refractivity contribution in [3.8, 4) is 5.75 Å². The van der Waals surface area contributed by atoms with Crippen LogP contribution in [-0.2, 0) is 9.59 Å². The van der Waals surface area contributed by atoms with Crippen LogP contribution >= 0.6 is 11.3 Å². The highest BCUT2D eigenvalue weighted by Crippen LogP contribution is 2.41. The number of Topliss-reactive ketones (excluding diaryl/α,β-unsaturated/α-hetero) is 1. The first kappa shape index (κ1) is 22.1. The number of ether oxygens (including phenoxy) is 1. The molecule has 0 aliphatic carbocycles. The van der Waals surface area contributed by atoms with Crippen LogP contribution in [0.25, 0.3) is 5.76 Å². The van der Waals surface area contributed by atoms with Gasteiger partial charge in [-0.15, -0.1) is 11.3 Å². The minimum absolute atomic E-state index is 0.138. The Morgan fingerprint density at radius 2 is 1.97 bits per heavy atom. The van der Waals surface area contributed by atoms with Gasteiger partial charge >= 0.3 is 0 Å². The van der Waals surface area contributed by atoms with Crippen molar-refractivity contribution < 1.29 is 19.4 Å². The van der Waals surface area contributed by atoms with Gasteiger partial charge in [-0.25, -0.2) is 0 Å². The average Bonchev–Trinajstić information content (AvgIpc) is 3.38. The van der Waals surface area contributed by atoms with Gasteiger partial charge in [0.25, 0.3) is 11.7 Å². The third-order valence-corrected chi connectivity index (χ3v) is 6.39. The minimum Gasteiger partial charge on any atom is -0.507 e. The van der Waals surface area contributed by atoms with Crippen LogP contribution in [0.4, 0.5) is 0 Å². The van der Waals surface area contributed by atoms with E-state index in [1.165, 1.54) is 11.3 Å². The van der Waals surface area contributed by atoms with Gasteiger partial charge in [0.15, 0.2) is 0 Å². The lowest BCUT2D eigenvalue weighted by atomic mass is 9.99. The quantitative estimate of drug-likeness (QED) is 0.373. The smallest absolute Gasteiger partial charge is 0.295 e. The number of rotatable bonds is 9. The number of carbonyl (C=O) groups excluding carboxylic acids is 2. The number of thiophene rings is 1. The molecular formula is C23H28N2O4S. The van der Waals surface area contributed by atoms with Gasteiger partial charge in [-0.3, -0.25) is 9.59 Å². The van der Waals surface area contributed by atoms with E-state index in [4.69, 9.17) is 4.74 Å². The Labute approximate surface area is 181 Å². The number of likely N-dealkylation sites (tertiary alicyclic amines) is 1. The number of methoxy groups -OCH3 is 1. The lowest BCUT2D eigenvalue weighted by Crippen LogP contribution is -2.33. The zero-order chi connectivity index (χ0) is 21.7. The Bertz CT molecular complexity index is 919. The number of ketones is 1. The van der Waals surface area contributed by atoms with Gasteiger partial charge < -0.3 is 19.6 Å². The Balaban J connectivity index is 1.97. The number of aliphatic hydroxyl groups is 1. The van der Waals surface area contributed by atoms with E-state index in [2.05, 4.69) is 18.7 Å². The predicted octanol–water partition coefficient (Wildman–Crippen LogP) is 3.91. The second-order valence-corrected chi connectivity index (χ2v) is 8.10. The molecule has 1 aliphatic heterocycles. The Morgan fingerprint density at radius 3 is 2.60 bits per heavy atom. The standard InChI is InChI=1S/C23H28N2O4S/c1-4-24(5-2)12-8-13-25-20(18-11-7-14-30-18)19(22(27)23(25)28)21(26)16-9-6-10-17(15-16)29-3/h6-7,9-11,14-15,20,26H,4-5,8,12-13H2,1-3H3/b21-19-. The summed E-state index contributed by atoms with van der Waals surface area (Å²) in [6, 6.07) is 10.1. The van der Waals surface area contributed by atoms with Crippen LogP contribution in [0, 0.1) is 0 Å². The molecule has 2 heterocycles. The summed E-state index contributed by atoms with van der Waals surface area (Å²) >= 11 is 1.47. The molecule has 1 fully saturated rings. The predicted molar refractivity (Wildman–Crippen MR) is 119 cm³/mol. The molecule has 1 unspecified atom stereocenters. The van der Waals surface area contributed by atoms with E-state index in [1.807, 2.05) is 17.5 Å². The molecule has 1 atom stereocenters. The van der Waals surface area contributed by atoms with Crippen molar-refractivity contribution in [1.29, 1.82) is 0 Å². The molecule has 0 radical (unpaired) electrons. The van der Waals surface area contributed by atoms with E-state index in [0.717, 1.165) is 30.9 Å². The molecule has 1 N–H and O–H groups in total. The molecule has 6 nitrogen and oxygen atoms in total. The monoisotopic (exact) mass is 428 g/mol. The highest BCUT2D eigenvalue weighted by atomic mass is 32.1. The van der Waals surface area contributed by atoms with Crippen molar-refractivity contribution in [1.82, 2.24) is 9.80 Å². The molecule has 1 aromatic heterocycles. The maximum absolute atomic E-state index is 13.0. The highest BCUT2D eigenvalue weighted by Gasteiger charge is 2.46. The summed E-state index contributed by atoms with van der Waals surface area (Å²) in [7, 11) is 1.54. The van der Waals surface area contributed by atoms with E-state index in [0.29, 0.717) is 17.9 Å². The largest absolute Gasteiger partial charge is 0.507 e. The summed E-state index contributed by atoms with van der Waals surface area (Å²) in [4.78, 5) is 30.6. The van der Waals surface area contributed by atoms with Crippen molar-refractivity contribution in [2.24, 2.45) is 0 Å². The summed E-state index contributed by atoms with van der Waals surface area (Å²) in [6.07, 6.45) is 0.760. The molecule has 1 saturated heterocycles. The first-order valence-corrected chi connectivity index (χ1v) is 11.1. The molecule has 2 aromatic rings. The van der Waals surface area contributed by atoms with E-state index >= 15 is 0 Å². The maximum atomic E-state index is 13.0. The number of carbonyl (C=O) groups is 2. The van der Waals surface area contributed by atoms with E-state index in [-0.39, 0.29) is 11.3 Å². The molecule has 30 heavy (non-hydrogen) atoms. The number of benzene rings is 1. The molecular weight excluding hydrogens is 400 g/mol. The molecule has 1 aliphatic rings.